The van der Waals surface area contributed by atoms with Crippen molar-refractivity contribution in [2.45, 2.75) is 19.4 Å². The molecule has 4 nitrogen and oxygen atoms in total. The number of hydrogen-bond donors (Lipinski definition) is 1. The highest BCUT2D eigenvalue weighted by atomic mass is 19.1. The monoisotopic (exact) mass is 305 g/mol. The van der Waals surface area contributed by atoms with Gasteiger partial charge in [0.1, 0.15) is 18.7 Å². The van der Waals surface area contributed by atoms with Gasteiger partial charge in [-0.25, -0.2) is 4.39 Å². The van der Waals surface area contributed by atoms with Crippen molar-refractivity contribution in [1.29, 1.82) is 0 Å². The second-order valence-corrected chi connectivity index (χ2v) is 5.06. The molecule has 0 bridgehead atoms. The molecule has 0 saturated heterocycles. The third kappa shape index (κ3) is 4.10. The number of halogens is 1. The molecule has 0 fully saturated rings. The Morgan fingerprint density at radius 3 is 2.73 bits per heavy atom. The second-order valence-electron chi connectivity index (χ2n) is 5.06. The third-order valence-corrected chi connectivity index (χ3v) is 3.40. The maximum Gasteiger partial charge on any atom is 0.147 e. The summed E-state index contributed by atoms with van der Waals surface area (Å²) in [6, 6.07) is 9.01. The molecule has 118 valence electrons. The summed E-state index contributed by atoms with van der Waals surface area (Å²) in [6.07, 6.45) is 1.63. The zero-order valence-corrected chi connectivity index (χ0v) is 12.8. The van der Waals surface area contributed by atoms with Gasteiger partial charge in [-0.05, 0) is 29.7 Å². The fourth-order valence-electron chi connectivity index (χ4n) is 2.18. The molecule has 1 aromatic carbocycles. The number of aliphatic hydroxyl groups excluding tert-OH is 1. The standard InChI is InChI=1S/C17H20FNO3/c1-12-4-3-5-14(17(12)18)8-13-6-7-15(19-9-13)16(10-20)22-11-21-2/h3-7,9,16,20H,8,10-11H2,1-2H3. The van der Waals surface area contributed by atoms with Crippen LogP contribution in [0.3, 0.4) is 0 Å². The molecule has 0 radical (unpaired) electrons. The number of aromatic nitrogens is 1. The smallest absolute Gasteiger partial charge is 0.147 e. The van der Waals surface area contributed by atoms with Gasteiger partial charge in [0.2, 0.25) is 0 Å². The van der Waals surface area contributed by atoms with Crippen LogP contribution >= 0.6 is 0 Å². The lowest BCUT2D eigenvalue weighted by Crippen LogP contribution is -2.12. The van der Waals surface area contributed by atoms with Crippen LogP contribution in [0.15, 0.2) is 36.5 Å². The van der Waals surface area contributed by atoms with Crippen LogP contribution in [0.5, 0.6) is 0 Å². The molecule has 1 aromatic heterocycles. The van der Waals surface area contributed by atoms with E-state index in [4.69, 9.17) is 9.47 Å². The molecular formula is C17H20FNO3. The number of aliphatic hydroxyl groups is 1. The Morgan fingerprint density at radius 1 is 1.27 bits per heavy atom. The van der Waals surface area contributed by atoms with Crippen LogP contribution < -0.4 is 0 Å². The van der Waals surface area contributed by atoms with E-state index in [9.17, 15) is 9.50 Å². The first-order chi connectivity index (χ1) is 10.7. The normalized spacial score (nSPS) is 12.4. The number of nitrogens with zero attached hydrogens (tertiary/aromatic N) is 1. The second kappa shape index (κ2) is 7.98. The van der Waals surface area contributed by atoms with E-state index in [1.165, 1.54) is 7.11 Å². The predicted molar refractivity (Wildman–Crippen MR) is 81.0 cm³/mol. The molecule has 0 spiro atoms. The number of methoxy groups -OCH3 is 1. The summed E-state index contributed by atoms with van der Waals surface area (Å²) in [5.41, 5.74) is 2.80. The fraction of sp³-hybridized carbons (Fsp3) is 0.353. The SMILES string of the molecule is COCOC(CO)c1ccc(Cc2cccc(C)c2F)cn1. The number of benzene rings is 1. The Labute approximate surface area is 129 Å². The zero-order chi connectivity index (χ0) is 15.9. The van der Waals surface area contributed by atoms with E-state index in [2.05, 4.69) is 4.98 Å². The van der Waals surface area contributed by atoms with Gasteiger partial charge in [0, 0.05) is 19.7 Å². The van der Waals surface area contributed by atoms with Crippen LogP contribution in [0.25, 0.3) is 0 Å². The van der Waals surface area contributed by atoms with Crippen molar-refractivity contribution in [3.05, 3.63) is 64.7 Å². The van der Waals surface area contributed by atoms with Crippen molar-refractivity contribution in [3.63, 3.8) is 0 Å². The predicted octanol–water partition coefficient (Wildman–Crippen LogP) is 2.77. The molecule has 0 amide bonds. The number of hydrogen-bond acceptors (Lipinski definition) is 4. The first-order valence-corrected chi connectivity index (χ1v) is 7.06. The summed E-state index contributed by atoms with van der Waals surface area (Å²) in [4.78, 5) is 4.29. The molecule has 1 heterocycles. The summed E-state index contributed by atoms with van der Waals surface area (Å²) >= 11 is 0. The number of aryl methyl sites for hydroxylation is 1. The Bertz CT molecular complexity index is 601. The number of rotatable bonds is 7. The maximum atomic E-state index is 14.0. The van der Waals surface area contributed by atoms with Gasteiger partial charge >= 0.3 is 0 Å². The topological polar surface area (TPSA) is 51.6 Å². The minimum Gasteiger partial charge on any atom is -0.393 e. The van der Waals surface area contributed by atoms with Crippen molar-refractivity contribution >= 4 is 0 Å². The fourth-order valence-corrected chi connectivity index (χ4v) is 2.18. The zero-order valence-electron chi connectivity index (χ0n) is 12.8. The van der Waals surface area contributed by atoms with Crippen LogP contribution in [0.1, 0.15) is 28.5 Å². The van der Waals surface area contributed by atoms with Crippen LogP contribution in [-0.2, 0) is 15.9 Å². The Kier molecular flexibility index (Phi) is 6.00. The van der Waals surface area contributed by atoms with Crippen LogP contribution in [0.2, 0.25) is 0 Å². The summed E-state index contributed by atoms with van der Waals surface area (Å²) in [6.45, 7) is 1.66. The first kappa shape index (κ1) is 16.5. The van der Waals surface area contributed by atoms with Gasteiger partial charge in [-0.1, -0.05) is 24.3 Å². The van der Waals surface area contributed by atoms with Crippen LogP contribution in [0.4, 0.5) is 4.39 Å². The van der Waals surface area contributed by atoms with Gasteiger partial charge in [0.05, 0.1) is 12.3 Å². The average Bonchev–Trinajstić information content (AvgIpc) is 2.54. The minimum absolute atomic E-state index is 0.0865. The Balaban J connectivity index is 2.10. The van der Waals surface area contributed by atoms with Crippen molar-refractivity contribution in [2.75, 3.05) is 20.5 Å². The van der Waals surface area contributed by atoms with Gasteiger partial charge < -0.3 is 14.6 Å². The Hall–Kier alpha value is -1.82. The molecule has 0 saturated carbocycles. The van der Waals surface area contributed by atoms with E-state index in [1.807, 2.05) is 12.1 Å². The average molecular weight is 305 g/mol. The molecule has 0 aliphatic carbocycles. The first-order valence-electron chi connectivity index (χ1n) is 7.06. The van der Waals surface area contributed by atoms with E-state index in [1.54, 1.807) is 31.3 Å². The van der Waals surface area contributed by atoms with Gasteiger partial charge in [-0.3, -0.25) is 4.98 Å². The highest BCUT2D eigenvalue weighted by Gasteiger charge is 2.13. The molecule has 0 aliphatic rings. The van der Waals surface area contributed by atoms with Gasteiger partial charge in [-0.15, -0.1) is 0 Å². The van der Waals surface area contributed by atoms with Crippen molar-refractivity contribution in [3.8, 4) is 0 Å². The summed E-state index contributed by atoms with van der Waals surface area (Å²) in [5.74, 6) is -0.178. The van der Waals surface area contributed by atoms with E-state index >= 15 is 0 Å². The molecule has 22 heavy (non-hydrogen) atoms. The van der Waals surface area contributed by atoms with Crippen molar-refractivity contribution in [2.24, 2.45) is 0 Å². The molecule has 2 rings (SSSR count). The van der Waals surface area contributed by atoms with Crippen LogP contribution in [-0.4, -0.2) is 30.6 Å². The summed E-state index contributed by atoms with van der Waals surface area (Å²) in [7, 11) is 1.52. The summed E-state index contributed by atoms with van der Waals surface area (Å²) in [5, 5.41) is 9.31. The molecule has 1 N–H and O–H groups in total. The molecule has 0 aliphatic heterocycles. The van der Waals surface area contributed by atoms with E-state index in [0.717, 1.165) is 5.56 Å². The summed E-state index contributed by atoms with van der Waals surface area (Å²) < 4.78 is 24.1. The van der Waals surface area contributed by atoms with E-state index in [-0.39, 0.29) is 19.2 Å². The highest BCUT2D eigenvalue weighted by Crippen LogP contribution is 2.18. The van der Waals surface area contributed by atoms with Crippen LogP contribution in [0, 0.1) is 12.7 Å². The van der Waals surface area contributed by atoms with Gasteiger partial charge in [0.15, 0.2) is 0 Å². The van der Waals surface area contributed by atoms with E-state index in [0.29, 0.717) is 23.2 Å². The number of ether oxygens (including phenoxy) is 2. The minimum atomic E-state index is -0.523. The molecular weight excluding hydrogens is 285 g/mol. The molecule has 1 atom stereocenters. The molecule has 2 aromatic rings. The lowest BCUT2D eigenvalue weighted by molar-refractivity contribution is -0.0902. The van der Waals surface area contributed by atoms with E-state index < -0.39 is 6.10 Å². The van der Waals surface area contributed by atoms with Gasteiger partial charge in [0.25, 0.3) is 0 Å². The lowest BCUT2D eigenvalue weighted by atomic mass is 10.0. The maximum absolute atomic E-state index is 14.0. The van der Waals surface area contributed by atoms with Crippen molar-refractivity contribution < 1.29 is 19.0 Å². The largest absolute Gasteiger partial charge is 0.393 e. The Morgan fingerprint density at radius 2 is 2.09 bits per heavy atom. The van der Waals surface area contributed by atoms with Crippen molar-refractivity contribution in [1.82, 2.24) is 4.98 Å². The molecule has 1 unspecified atom stereocenters. The number of pyridine rings is 1. The molecule has 5 heteroatoms. The third-order valence-electron chi connectivity index (χ3n) is 3.40. The quantitative estimate of drug-likeness (QED) is 0.799. The van der Waals surface area contributed by atoms with Gasteiger partial charge in [-0.2, -0.15) is 0 Å². The highest BCUT2D eigenvalue weighted by molar-refractivity contribution is 5.30. The lowest BCUT2D eigenvalue weighted by Gasteiger charge is -2.14.